The third-order valence-corrected chi connectivity index (χ3v) is 5.19. The number of rotatable bonds is 16. The predicted octanol–water partition coefficient (Wildman–Crippen LogP) is 11.7. The Bertz CT molecular complexity index is 625. The summed E-state index contributed by atoms with van der Waals surface area (Å²) in [6.07, 6.45) is 12.4. The standard InChI is InChI=1S/C25H41F2NO.C4H10.2C2H6/c1-9-14-20(4)18-22(6)23(7)28(24(11-3)15-10-2)19-21(5)16-12-13-17-29-25(8,26)27;1-3-4-2;2*1-2/h12-13,16,18,24H,6-7,9-11,14-15,17,19H2,1-5,8H3;3-4H2,1-2H3;2*1-2H3/b13-12-,20-18-,21-16+;;;. The molecule has 220 valence electrons. The van der Waals surface area contributed by atoms with Crippen LogP contribution in [0.4, 0.5) is 8.78 Å². The molecule has 0 radical (unpaired) electrons. The summed E-state index contributed by atoms with van der Waals surface area (Å²) in [5, 5.41) is 0. The highest BCUT2D eigenvalue weighted by molar-refractivity contribution is 5.37. The molecule has 0 saturated heterocycles. The van der Waals surface area contributed by atoms with E-state index in [1.165, 1.54) is 18.4 Å². The van der Waals surface area contributed by atoms with Crippen LogP contribution in [0.3, 0.4) is 0 Å². The van der Waals surface area contributed by atoms with Crippen LogP contribution in [0.15, 0.2) is 59.9 Å². The van der Waals surface area contributed by atoms with Gasteiger partial charge < -0.3 is 9.64 Å². The van der Waals surface area contributed by atoms with E-state index in [1.54, 1.807) is 12.2 Å². The molecule has 0 N–H and O–H groups in total. The molecule has 0 aliphatic rings. The Morgan fingerprint density at radius 3 is 1.84 bits per heavy atom. The largest absolute Gasteiger partial charge is 0.365 e. The minimum Gasteiger partial charge on any atom is -0.365 e. The SMILES string of the molecule is C=C(/C=C(/C)CCC)C(=C)N(C/C(C)=C/C=C\COC(C)(F)F)C(CC)CCC.CC.CC.CCCC. The fourth-order valence-corrected chi connectivity index (χ4v) is 3.19. The van der Waals surface area contributed by atoms with Crippen LogP contribution in [-0.4, -0.2) is 30.2 Å². The maximum Gasteiger partial charge on any atom is 0.353 e. The Hall–Kier alpha value is -1.68. The second-order valence-corrected chi connectivity index (χ2v) is 8.75. The summed E-state index contributed by atoms with van der Waals surface area (Å²) in [5.74, 6) is 0. The van der Waals surface area contributed by atoms with Crippen LogP contribution >= 0.6 is 0 Å². The van der Waals surface area contributed by atoms with Crippen molar-refractivity contribution in [1.82, 2.24) is 4.90 Å². The van der Waals surface area contributed by atoms with Gasteiger partial charge in [-0.3, -0.25) is 0 Å². The number of nitrogens with zero attached hydrogens (tertiary/aromatic N) is 1. The first-order chi connectivity index (χ1) is 17.5. The van der Waals surface area contributed by atoms with Crippen LogP contribution in [0.25, 0.3) is 0 Å². The van der Waals surface area contributed by atoms with E-state index in [2.05, 4.69) is 70.4 Å². The van der Waals surface area contributed by atoms with E-state index in [0.29, 0.717) is 6.04 Å². The van der Waals surface area contributed by atoms with Crippen molar-refractivity contribution in [3.63, 3.8) is 0 Å². The zero-order chi connectivity index (χ0) is 29.9. The van der Waals surface area contributed by atoms with Crippen molar-refractivity contribution >= 4 is 0 Å². The molecule has 0 rings (SSSR count). The molecule has 0 aliphatic heterocycles. The van der Waals surface area contributed by atoms with E-state index in [-0.39, 0.29) is 6.61 Å². The van der Waals surface area contributed by atoms with Crippen molar-refractivity contribution in [2.24, 2.45) is 0 Å². The van der Waals surface area contributed by atoms with E-state index in [4.69, 9.17) is 0 Å². The second-order valence-electron chi connectivity index (χ2n) is 8.75. The molecule has 0 bridgehead atoms. The number of hydrogen-bond donors (Lipinski definition) is 0. The number of ether oxygens (including phenoxy) is 1. The molecule has 0 aromatic rings. The Balaban J connectivity index is -0.000000602. The number of unbranched alkanes of at least 4 members (excludes halogenated alkanes) is 1. The van der Waals surface area contributed by atoms with Crippen LogP contribution in [0.2, 0.25) is 0 Å². The predicted molar refractivity (Wildman–Crippen MR) is 165 cm³/mol. The molecule has 0 aromatic heterocycles. The average molecular weight is 528 g/mol. The highest BCUT2D eigenvalue weighted by Crippen LogP contribution is 2.24. The third-order valence-electron chi connectivity index (χ3n) is 5.19. The molecule has 2 nitrogen and oxygen atoms in total. The lowest BCUT2D eigenvalue weighted by Crippen LogP contribution is -2.35. The van der Waals surface area contributed by atoms with Gasteiger partial charge in [0, 0.05) is 25.2 Å². The van der Waals surface area contributed by atoms with Crippen molar-refractivity contribution in [2.75, 3.05) is 13.2 Å². The molecule has 1 atom stereocenters. The maximum atomic E-state index is 12.7. The highest BCUT2D eigenvalue weighted by atomic mass is 19.3. The first kappa shape index (κ1) is 42.4. The first-order valence-electron chi connectivity index (χ1n) is 14.6. The maximum absolute atomic E-state index is 12.7. The first-order valence-corrected chi connectivity index (χ1v) is 14.6. The summed E-state index contributed by atoms with van der Waals surface area (Å²) in [5.41, 5.74) is 4.34. The van der Waals surface area contributed by atoms with Crippen LogP contribution < -0.4 is 0 Å². The summed E-state index contributed by atoms with van der Waals surface area (Å²) in [4.78, 5) is 2.33. The van der Waals surface area contributed by atoms with Crippen molar-refractivity contribution in [1.29, 1.82) is 0 Å². The van der Waals surface area contributed by atoms with E-state index in [9.17, 15) is 8.78 Å². The summed E-state index contributed by atoms with van der Waals surface area (Å²) in [6.45, 7) is 33.0. The van der Waals surface area contributed by atoms with Gasteiger partial charge in [-0.1, -0.05) is 137 Å². The molecule has 0 heterocycles. The average Bonchev–Trinajstić information content (AvgIpc) is 2.87. The monoisotopic (exact) mass is 527 g/mol. The van der Waals surface area contributed by atoms with Gasteiger partial charge in [0.05, 0.1) is 6.61 Å². The quantitative estimate of drug-likeness (QED) is 0.185. The van der Waals surface area contributed by atoms with Gasteiger partial charge in [-0.05, 0) is 38.7 Å². The number of allylic oxidation sites excluding steroid dienone is 4. The lowest BCUT2D eigenvalue weighted by Gasteiger charge is -2.35. The molecule has 37 heavy (non-hydrogen) atoms. The molecule has 0 amide bonds. The Labute approximate surface area is 231 Å². The minimum atomic E-state index is -3.10. The van der Waals surface area contributed by atoms with E-state index in [0.717, 1.165) is 62.4 Å². The van der Waals surface area contributed by atoms with Gasteiger partial charge in [0.1, 0.15) is 0 Å². The normalized spacial score (nSPS) is 12.4. The van der Waals surface area contributed by atoms with Crippen molar-refractivity contribution in [3.05, 3.63) is 59.9 Å². The lowest BCUT2D eigenvalue weighted by atomic mass is 10.0. The van der Waals surface area contributed by atoms with Crippen molar-refractivity contribution in [2.45, 2.75) is 140 Å². The lowest BCUT2D eigenvalue weighted by molar-refractivity contribution is -0.216. The molecule has 4 heteroatoms. The van der Waals surface area contributed by atoms with Gasteiger partial charge in [-0.2, -0.15) is 8.78 Å². The molecule has 0 fully saturated rings. The molecule has 0 aliphatic carbocycles. The molecule has 0 aromatic carbocycles. The zero-order valence-electron chi connectivity index (χ0n) is 26.8. The van der Waals surface area contributed by atoms with E-state index in [1.807, 2.05) is 40.7 Å². The Kier molecular flexibility index (Phi) is 33.1. The number of alkyl halides is 2. The van der Waals surface area contributed by atoms with Gasteiger partial charge >= 0.3 is 6.11 Å². The van der Waals surface area contributed by atoms with E-state index >= 15 is 0 Å². The topological polar surface area (TPSA) is 12.5 Å². The number of halogens is 2. The summed E-state index contributed by atoms with van der Waals surface area (Å²) in [7, 11) is 0. The Morgan fingerprint density at radius 1 is 0.892 bits per heavy atom. The summed E-state index contributed by atoms with van der Waals surface area (Å²) in [6, 6.07) is 0.388. The number of hydrogen-bond acceptors (Lipinski definition) is 2. The molecule has 1 unspecified atom stereocenters. The van der Waals surface area contributed by atoms with Gasteiger partial charge in [-0.15, -0.1) is 0 Å². The molecular formula is C33H63F2NO. The summed E-state index contributed by atoms with van der Waals surface area (Å²) < 4.78 is 29.8. The van der Waals surface area contributed by atoms with Gasteiger partial charge in [0.25, 0.3) is 0 Å². The van der Waals surface area contributed by atoms with Crippen LogP contribution in [0.5, 0.6) is 0 Å². The van der Waals surface area contributed by atoms with Crippen molar-refractivity contribution < 1.29 is 13.5 Å². The summed E-state index contributed by atoms with van der Waals surface area (Å²) >= 11 is 0. The van der Waals surface area contributed by atoms with Gasteiger partial charge in [-0.25, -0.2) is 0 Å². The third kappa shape index (κ3) is 27.2. The Morgan fingerprint density at radius 2 is 1.43 bits per heavy atom. The zero-order valence-corrected chi connectivity index (χ0v) is 26.8. The van der Waals surface area contributed by atoms with Crippen molar-refractivity contribution in [3.8, 4) is 0 Å². The van der Waals surface area contributed by atoms with Gasteiger partial charge in [0.15, 0.2) is 0 Å². The minimum absolute atomic E-state index is 0.116. The smallest absolute Gasteiger partial charge is 0.353 e. The fourth-order valence-electron chi connectivity index (χ4n) is 3.19. The second kappa shape index (κ2) is 28.9. The van der Waals surface area contributed by atoms with E-state index < -0.39 is 6.11 Å². The van der Waals surface area contributed by atoms with Crippen LogP contribution in [-0.2, 0) is 4.74 Å². The molecule has 0 spiro atoms. The molecule has 0 saturated carbocycles. The van der Waals surface area contributed by atoms with Gasteiger partial charge in [0.2, 0.25) is 0 Å². The van der Waals surface area contributed by atoms with Crippen LogP contribution in [0, 0.1) is 0 Å². The van der Waals surface area contributed by atoms with Crippen LogP contribution in [0.1, 0.15) is 128 Å². The highest BCUT2D eigenvalue weighted by Gasteiger charge is 2.20. The molecular weight excluding hydrogens is 464 g/mol. The fraction of sp³-hybridized carbons (Fsp3) is 0.697.